The molecular weight excluding hydrogens is 350 g/mol. The van der Waals surface area contributed by atoms with Crippen molar-refractivity contribution in [1.29, 1.82) is 0 Å². The highest BCUT2D eigenvalue weighted by Crippen LogP contribution is 2.57. The van der Waals surface area contributed by atoms with Crippen LogP contribution < -0.4 is 0 Å². The van der Waals surface area contributed by atoms with Gasteiger partial charge in [-0.05, 0) is 0 Å². The first kappa shape index (κ1) is 20.2. The van der Waals surface area contributed by atoms with E-state index in [1.165, 1.54) is 0 Å². The summed E-state index contributed by atoms with van der Waals surface area (Å²) in [6.45, 7) is 0. The van der Waals surface area contributed by atoms with Gasteiger partial charge < -0.3 is 10.2 Å². The van der Waals surface area contributed by atoms with Crippen LogP contribution in [-0.4, -0.2) is 51.8 Å². The lowest BCUT2D eigenvalue weighted by Crippen LogP contribution is -2.68. The van der Waals surface area contributed by atoms with Gasteiger partial charge in [-0.2, -0.15) is 43.9 Å². The maximum Gasteiger partial charge on any atom is 0.410 e. The molecule has 0 aliphatic rings. The van der Waals surface area contributed by atoms with E-state index in [4.69, 9.17) is 10.2 Å². The van der Waals surface area contributed by atoms with Crippen LogP contribution in [0.3, 0.4) is 0 Å². The third kappa shape index (κ3) is 2.65. The summed E-state index contributed by atoms with van der Waals surface area (Å²) < 4.78 is 127. The smallest absolute Gasteiger partial charge is 0.410 e. The lowest BCUT2D eigenvalue weighted by molar-refractivity contribution is -0.396. The minimum Gasteiger partial charge on any atom is -0.481 e. The van der Waals surface area contributed by atoms with E-state index in [0.29, 0.717) is 0 Å². The van der Waals surface area contributed by atoms with Crippen molar-refractivity contribution < 1.29 is 63.7 Å². The molecule has 22 heavy (non-hydrogen) atoms. The van der Waals surface area contributed by atoms with Crippen LogP contribution in [0.5, 0.6) is 0 Å². The summed E-state index contributed by atoms with van der Waals surface area (Å²) in [6, 6.07) is 0. The van der Waals surface area contributed by atoms with Crippen LogP contribution in [0.25, 0.3) is 0 Å². The fourth-order valence-electron chi connectivity index (χ4n) is 1.06. The fourth-order valence-corrected chi connectivity index (χ4v) is 1.06. The quantitative estimate of drug-likeness (QED) is 0.690. The molecule has 0 saturated carbocycles. The minimum atomic E-state index is -7.58. The van der Waals surface area contributed by atoms with Gasteiger partial charge in [0.1, 0.15) is 6.42 Å². The summed E-state index contributed by atoms with van der Waals surface area (Å²) >= 11 is 0. The summed E-state index contributed by atoms with van der Waals surface area (Å²) in [7, 11) is 0. The van der Waals surface area contributed by atoms with Crippen molar-refractivity contribution in [2.45, 2.75) is 36.0 Å². The Kier molecular flexibility index (Phi) is 4.74. The normalized spacial score (nSPS) is 14.8. The Morgan fingerprint density at radius 2 is 1.05 bits per heavy atom. The number of halogens is 10. The van der Waals surface area contributed by atoms with Crippen molar-refractivity contribution in [1.82, 2.24) is 0 Å². The average Bonchev–Trinajstić information content (AvgIpc) is 2.25. The first-order valence-electron chi connectivity index (χ1n) is 4.70. The molecule has 0 heterocycles. The molecule has 0 aliphatic carbocycles. The third-order valence-electron chi connectivity index (χ3n) is 2.28. The van der Waals surface area contributed by atoms with Crippen molar-refractivity contribution in [2.75, 3.05) is 0 Å². The highest BCUT2D eigenvalue weighted by molar-refractivity contribution is 5.77. The van der Waals surface area contributed by atoms with E-state index in [1.54, 1.807) is 0 Å². The van der Waals surface area contributed by atoms with Crippen molar-refractivity contribution in [3.63, 3.8) is 0 Å². The molecule has 0 spiro atoms. The molecule has 0 aromatic rings. The summed E-state index contributed by atoms with van der Waals surface area (Å²) in [4.78, 5) is 19.6. The van der Waals surface area contributed by atoms with Gasteiger partial charge in [0.05, 0.1) is 0 Å². The first-order chi connectivity index (χ1) is 9.36. The molecule has 0 aromatic heterocycles. The molecule has 0 fully saturated rings. The molecule has 4 nitrogen and oxygen atoms in total. The van der Waals surface area contributed by atoms with Crippen LogP contribution in [0.15, 0.2) is 0 Å². The van der Waals surface area contributed by atoms with Gasteiger partial charge in [0.25, 0.3) is 0 Å². The second-order valence-electron chi connectivity index (χ2n) is 3.88. The Balaban J connectivity index is 6.10. The van der Waals surface area contributed by atoms with Crippen LogP contribution in [0, 0.1) is 0 Å². The SMILES string of the molecule is O=C(O)CC(F)(F)C(F)(F)C(F)(F)C(F)(F)C(F)(F)C(=O)O. The zero-order chi connectivity index (χ0) is 18.4. The largest absolute Gasteiger partial charge is 0.481 e. The van der Waals surface area contributed by atoms with Crippen molar-refractivity contribution in [2.24, 2.45) is 0 Å². The monoisotopic (exact) mass is 354 g/mol. The third-order valence-corrected chi connectivity index (χ3v) is 2.28. The predicted molar refractivity (Wildman–Crippen MR) is 44.6 cm³/mol. The molecule has 0 saturated heterocycles. The second-order valence-corrected chi connectivity index (χ2v) is 3.88. The zero-order valence-electron chi connectivity index (χ0n) is 9.70. The number of aliphatic carboxylic acids is 2. The summed E-state index contributed by atoms with van der Waals surface area (Å²) in [5.41, 5.74) is 0. The molecule has 130 valence electrons. The topological polar surface area (TPSA) is 74.6 Å². The minimum absolute atomic E-state index is 2.83. The Hall–Kier alpha value is -1.76. The van der Waals surface area contributed by atoms with E-state index in [2.05, 4.69) is 0 Å². The number of hydrogen-bond donors (Lipinski definition) is 2. The number of carboxylic acid groups (broad SMARTS) is 2. The van der Waals surface area contributed by atoms with E-state index < -0.39 is 48.0 Å². The van der Waals surface area contributed by atoms with Gasteiger partial charge >= 0.3 is 41.6 Å². The lowest BCUT2D eigenvalue weighted by atomic mass is 9.93. The molecule has 0 bridgehead atoms. The zero-order valence-corrected chi connectivity index (χ0v) is 9.70. The predicted octanol–water partition coefficient (Wildman–Crippen LogP) is 2.72. The number of hydrogen-bond acceptors (Lipinski definition) is 2. The molecule has 0 aliphatic heterocycles. The van der Waals surface area contributed by atoms with Gasteiger partial charge in [0.2, 0.25) is 0 Å². The van der Waals surface area contributed by atoms with E-state index >= 15 is 0 Å². The number of alkyl halides is 10. The molecule has 0 unspecified atom stereocenters. The van der Waals surface area contributed by atoms with Crippen molar-refractivity contribution in [3.8, 4) is 0 Å². The van der Waals surface area contributed by atoms with Crippen LogP contribution in [0.2, 0.25) is 0 Å². The first-order valence-corrected chi connectivity index (χ1v) is 4.70. The molecule has 2 N–H and O–H groups in total. The van der Waals surface area contributed by atoms with Crippen LogP contribution in [0.4, 0.5) is 43.9 Å². The Labute approximate surface area is 113 Å². The van der Waals surface area contributed by atoms with Gasteiger partial charge in [-0.3, -0.25) is 4.79 Å². The van der Waals surface area contributed by atoms with Gasteiger partial charge in [0.15, 0.2) is 0 Å². The molecular formula is C8H4F10O4. The van der Waals surface area contributed by atoms with Gasteiger partial charge in [-0.15, -0.1) is 0 Å². The van der Waals surface area contributed by atoms with E-state index in [1.807, 2.05) is 0 Å². The van der Waals surface area contributed by atoms with Gasteiger partial charge in [-0.25, -0.2) is 4.79 Å². The Bertz CT molecular complexity index is 472. The van der Waals surface area contributed by atoms with E-state index in [9.17, 15) is 53.5 Å². The average molecular weight is 354 g/mol. The fraction of sp³-hybridized carbons (Fsp3) is 0.750. The molecule has 0 aromatic carbocycles. The van der Waals surface area contributed by atoms with Gasteiger partial charge in [0, 0.05) is 0 Å². The van der Waals surface area contributed by atoms with Crippen LogP contribution in [-0.2, 0) is 9.59 Å². The number of carboxylic acids is 2. The van der Waals surface area contributed by atoms with Crippen molar-refractivity contribution in [3.05, 3.63) is 0 Å². The number of rotatable bonds is 7. The Morgan fingerprint density at radius 3 is 1.32 bits per heavy atom. The molecule has 0 atom stereocenters. The number of carbonyl (C=O) groups is 2. The second kappa shape index (κ2) is 5.15. The van der Waals surface area contributed by atoms with E-state index in [-0.39, 0.29) is 0 Å². The highest BCUT2D eigenvalue weighted by Gasteiger charge is 2.87. The molecule has 14 heteroatoms. The molecule has 0 rings (SSSR count). The maximum atomic E-state index is 12.9. The Morgan fingerprint density at radius 1 is 0.682 bits per heavy atom. The van der Waals surface area contributed by atoms with Crippen LogP contribution >= 0.6 is 0 Å². The van der Waals surface area contributed by atoms with Gasteiger partial charge in [-0.1, -0.05) is 0 Å². The standard InChI is InChI=1S/C8H4F10O4/c9-4(10,1-2(19)20)6(13,14)8(17,18)7(15,16)5(11,12)3(21)22/h1H2,(H,19,20)(H,21,22). The lowest BCUT2D eigenvalue weighted by Gasteiger charge is -2.37. The molecule has 0 radical (unpaired) electrons. The van der Waals surface area contributed by atoms with Crippen LogP contribution in [0.1, 0.15) is 6.42 Å². The maximum absolute atomic E-state index is 12.9. The summed E-state index contributed by atoms with van der Waals surface area (Å²) in [5, 5.41) is 15.5. The highest BCUT2D eigenvalue weighted by atomic mass is 19.4. The van der Waals surface area contributed by atoms with Crippen molar-refractivity contribution >= 4 is 11.9 Å². The summed E-state index contributed by atoms with van der Waals surface area (Å²) in [5.74, 6) is -42.3. The molecule has 0 amide bonds. The van der Waals surface area contributed by atoms with E-state index in [0.717, 1.165) is 0 Å². The summed E-state index contributed by atoms with van der Waals surface area (Å²) in [6.07, 6.45) is -3.09.